The van der Waals surface area contributed by atoms with Crippen LogP contribution in [0.5, 0.6) is 0 Å². The van der Waals surface area contributed by atoms with Gasteiger partial charge in [-0.15, -0.1) is 0 Å². The number of carboxylic acids is 1. The Balaban J connectivity index is 5.02. The number of hydrogen-bond donors (Lipinski definition) is 3. The van der Waals surface area contributed by atoms with Crippen molar-refractivity contribution in [1.29, 1.82) is 0 Å². The van der Waals surface area contributed by atoms with E-state index in [1.807, 2.05) is 0 Å². The molecule has 0 saturated heterocycles. The van der Waals surface area contributed by atoms with Gasteiger partial charge in [-0.3, -0.25) is 4.79 Å². The minimum absolute atomic E-state index is 0.705. The van der Waals surface area contributed by atoms with Crippen LogP contribution in [0.2, 0.25) is 0 Å². The van der Waals surface area contributed by atoms with Crippen molar-refractivity contribution in [2.24, 2.45) is 11.7 Å². The van der Waals surface area contributed by atoms with Crippen LogP contribution in [0.1, 0.15) is 20.8 Å². The topological polar surface area (TPSA) is 101 Å². The van der Waals surface area contributed by atoms with Gasteiger partial charge in [0.05, 0.1) is 6.04 Å². The first-order chi connectivity index (χ1) is 5.74. The molecule has 0 rings (SSSR count). The van der Waals surface area contributed by atoms with Crippen molar-refractivity contribution in [3.63, 3.8) is 0 Å². The van der Waals surface area contributed by atoms with Gasteiger partial charge < -0.3 is 15.9 Å². The van der Waals surface area contributed by atoms with Gasteiger partial charge in [-0.1, -0.05) is 13.8 Å². The molecule has 2 unspecified atom stereocenters. The summed E-state index contributed by atoms with van der Waals surface area (Å²) in [6.45, 7) is 4.25. The lowest BCUT2D eigenvalue weighted by atomic mass is 9.83. The number of aliphatic hydroxyl groups is 1. The van der Waals surface area contributed by atoms with E-state index in [-0.39, 0.29) is 0 Å². The molecular weight excluding hydrogens is 174 g/mol. The molecule has 0 radical (unpaired) electrons. The third-order valence-corrected chi connectivity index (χ3v) is 1.95. The molecule has 0 aliphatic carbocycles. The van der Waals surface area contributed by atoms with E-state index in [0.29, 0.717) is 0 Å². The number of Topliss-reactive ketones (excluding diaryl/α,β-unsaturated/α-hetero) is 1. The number of carbonyl (C=O) groups is 2. The van der Waals surface area contributed by atoms with E-state index in [0.717, 1.165) is 0 Å². The zero-order chi connectivity index (χ0) is 10.8. The minimum atomic E-state index is -2.37. The third kappa shape index (κ3) is 2.05. The Morgan fingerprint density at radius 1 is 1.31 bits per heavy atom. The van der Waals surface area contributed by atoms with Gasteiger partial charge in [-0.2, -0.15) is 0 Å². The van der Waals surface area contributed by atoms with Crippen molar-refractivity contribution in [2.75, 3.05) is 0 Å². The van der Waals surface area contributed by atoms with Crippen LogP contribution in [-0.2, 0) is 9.59 Å². The van der Waals surface area contributed by atoms with Gasteiger partial charge in [0.2, 0.25) is 5.60 Å². The SMILES string of the molecule is CC(N)C(=O)C(O)(C(=O)O)C(C)C. The summed E-state index contributed by atoms with van der Waals surface area (Å²) < 4.78 is 0. The van der Waals surface area contributed by atoms with Crippen LogP contribution < -0.4 is 5.73 Å². The Bertz CT molecular complexity index is 224. The number of ketones is 1. The molecule has 0 bridgehead atoms. The molecule has 5 nitrogen and oxygen atoms in total. The minimum Gasteiger partial charge on any atom is -0.479 e. The van der Waals surface area contributed by atoms with Crippen molar-refractivity contribution in [1.82, 2.24) is 0 Å². The summed E-state index contributed by atoms with van der Waals surface area (Å²) in [5, 5.41) is 18.3. The van der Waals surface area contributed by atoms with E-state index in [1.165, 1.54) is 20.8 Å². The van der Waals surface area contributed by atoms with Crippen molar-refractivity contribution in [3.05, 3.63) is 0 Å². The highest BCUT2D eigenvalue weighted by molar-refractivity contribution is 6.08. The van der Waals surface area contributed by atoms with Crippen molar-refractivity contribution in [2.45, 2.75) is 32.4 Å². The predicted molar refractivity (Wildman–Crippen MR) is 46.1 cm³/mol. The van der Waals surface area contributed by atoms with Crippen LogP contribution in [0.3, 0.4) is 0 Å². The number of carboxylic acid groups (broad SMARTS) is 1. The molecule has 0 aromatic rings. The molecule has 0 aliphatic heterocycles. The lowest BCUT2D eigenvalue weighted by Crippen LogP contribution is -2.56. The third-order valence-electron chi connectivity index (χ3n) is 1.95. The molecule has 0 aromatic carbocycles. The van der Waals surface area contributed by atoms with E-state index < -0.39 is 29.3 Å². The molecule has 0 saturated carbocycles. The highest BCUT2D eigenvalue weighted by atomic mass is 16.4. The van der Waals surface area contributed by atoms with E-state index in [2.05, 4.69) is 0 Å². The van der Waals surface area contributed by atoms with E-state index in [1.54, 1.807) is 0 Å². The highest BCUT2D eigenvalue weighted by Crippen LogP contribution is 2.19. The monoisotopic (exact) mass is 189 g/mol. The second-order valence-electron chi connectivity index (χ2n) is 3.38. The summed E-state index contributed by atoms with van der Waals surface area (Å²) in [7, 11) is 0. The largest absolute Gasteiger partial charge is 0.479 e. The average Bonchev–Trinajstić information content (AvgIpc) is 2.00. The first-order valence-electron chi connectivity index (χ1n) is 4.00. The summed E-state index contributed by atoms with van der Waals surface area (Å²) in [5.74, 6) is -3.12. The predicted octanol–water partition coefficient (Wildman–Crippen LogP) is -0.626. The number of carbonyl (C=O) groups excluding carboxylic acids is 1. The maximum atomic E-state index is 11.3. The molecule has 0 aromatic heterocycles. The lowest BCUT2D eigenvalue weighted by molar-refractivity contribution is -0.170. The fourth-order valence-electron chi connectivity index (χ4n) is 0.984. The van der Waals surface area contributed by atoms with Gasteiger partial charge in [0.1, 0.15) is 0 Å². The lowest BCUT2D eigenvalue weighted by Gasteiger charge is -2.27. The van der Waals surface area contributed by atoms with Crippen LogP contribution in [0.25, 0.3) is 0 Å². The Morgan fingerprint density at radius 3 is 1.77 bits per heavy atom. The normalized spacial score (nSPS) is 18.0. The van der Waals surface area contributed by atoms with E-state index in [9.17, 15) is 14.7 Å². The molecule has 0 fully saturated rings. The van der Waals surface area contributed by atoms with Gasteiger partial charge in [-0.25, -0.2) is 4.79 Å². The van der Waals surface area contributed by atoms with Crippen molar-refractivity contribution < 1.29 is 19.8 Å². The molecule has 0 aliphatic rings. The number of rotatable bonds is 4. The summed E-state index contributed by atoms with van der Waals surface area (Å²) in [6, 6.07) is -0.983. The first kappa shape index (κ1) is 12.1. The summed E-state index contributed by atoms with van der Waals surface area (Å²) in [4.78, 5) is 22.0. The van der Waals surface area contributed by atoms with Gasteiger partial charge in [0, 0.05) is 5.92 Å². The molecule has 4 N–H and O–H groups in total. The Hall–Kier alpha value is -0.940. The smallest absolute Gasteiger partial charge is 0.343 e. The van der Waals surface area contributed by atoms with Crippen molar-refractivity contribution in [3.8, 4) is 0 Å². The first-order valence-corrected chi connectivity index (χ1v) is 4.00. The zero-order valence-corrected chi connectivity index (χ0v) is 7.94. The van der Waals surface area contributed by atoms with Gasteiger partial charge >= 0.3 is 5.97 Å². The van der Waals surface area contributed by atoms with Crippen LogP contribution in [-0.4, -0.2) is 33.6 Å². The molecule has 76 valence electrons. The molecule has 0 amide bonds. The van der Waals surface area contributed by atoms with Crippen LogP contribution in [0.4, 0.5) is 0 Å². The Labute approximate surface area is 76.5 Å². The fourth-order valence-corrected chi connectivity index (χ4v) is 0.984. The number of aliphatic carboxylic acids is 1. The second-order valence-corrected chi connectivity index (χ2v) is 3.38. The van der Waals surface area contributed by atoms with Crippen LogP contribution >= 0.6 is 0 Å². The molecule has 2 atom stereocenters. The molecular formula is C8H15NO4. The molecule has 5 heteroatoms. The number of nitrogens with two attached hydrogens (primary N) is 1. The summed E-state index contributed by atoms with van der Waals surface area (Å²) in [6.07, 6.45) is 0. The average molecular weight is 189 g/mol. The highest BCUT2D eigenvalue weighted by Gasteiger charge is 2.47. The Kier molecular flexibility index (Phi) is 3.57. The summed E-state index contributed by atoms with van der Waals surface area (Å²) >= 11 is 0. The van der Waals surface area contributed by atoms with E-state index in [4.69, 9.17) is 10.8 Å². The van der Waals surface area contributed by atoms with Gasteiger partial charge in [0.25, 0.3) is 0 Å². The standard InChI is InChI=1S/C8H15NO4/c1-4(2)8(13,7(11)12)6(10)5(3)9/h4-5,13H,9H2,1-3H3,(H,11,12). The van der Waals surface area contributed by atoms with E-state index >= 15 is 0 Å². The Morgan fingerprint density at radius 2 is 1.69 bits per heavy atom. The van der Waals surface area contributed by atoms with Gasteiger partial charge in [-0.05, 0) is 6.92 Å². The maximum absolute atomic E-state index is 11.3. The van der Waals surface area contributed by atoms with Gasteiger partial charge in [0.15, 0.2) is 5.78 Å². The van der Waals surface area contributed by atoms with Crippen LogP contribution in [0, 0.1) is 5.92 Å². The number of hydrogen-bond acceptors (Lipinski definition) is 4. The summed E-state index contributed by atoms with van der Waals surface area (Å²) in [5.41, 5.74) is 2.86. The molecule has 0 heterocycles. The molecule has 0 spiro atoms. The fraction of sp³-hybridized carbons (Fsp3) is 0.750. The quantitative estimate of drug-likeness (QED) is 0.511. The van der Waals surface area contributed by atoms with Crippen LogP contribution in [0.15, 0.2) is 0 Å². The zero-order valence-electron chi connectivity index (χ0n) is 7.94. The second kappa shape index (κ2) is 3.85. The van der Waals surface area contributed by atoms with Crippen molar-refractivity contribution >= 4 is 11.8 Å². The molecule has 13 heavy (non-hydrogen) atoms. The maximum Gasteiger partial charge on any atom is 0.343 e.